The Balaban J connectivity index is 1.66. The molecule has 1 N–H and O–H groups in total. The minimum Gasteiger partial charge on any atom is -0.494 e. The second-order valence-electron chi connectivity index (χ2n) is 6.92. The van der Waals surface area contributed by atoms with Gasteiger partial charge in [0.05, 0.1) is 12.6 Å². The number of carbonyl (C=O) groups is 1. The van der Waals surface area contributed by atoms with E-state index in [2.05, 4.69) is 34.7 Å². The van der Waals surface area contributed by atoms with Gasteiger partial charge in [-0.15, -0.1) is 11.3 Å². The van der Waals surface area contributed by atoms with Crippen LogP contribution in [0, 0.1) is 5.92 Å². The van der Waals surface area contributed by atoms with Gasteiger partial charge in [0.25, 0.3) is 5.91 Å². The zero-order valence-corrected chi connectivity index (χ0v) is 16.4. The molecule has 1 aromatic heterocycles. The lowest BCUT2D eigenvalue weighted by Gasteiger charge is -2.36. The topological polar surface area (TPSA) is 41.6 Å². The molecule has 0 radical (unpaired) electrons. The third-order valence-corrected chi connectivity index (χ3v) is 5.97. The van der Waals surface area contributed by atoms with Crippen LogP contribution in [-0.2, 0) is 0 Å². The van der Waals surface area contributed by atoms with Crippen molar-refractivity contribution in [3.63, 3.8) is 0 Å². The molecule has 2 aromatic rings. The first-order valence-corrected chi connectivity index (χ1v) is 10.3. The fourth-order valence-electron chi connectivity index (χ4n) is 3.42. The van der Waals surface area contributed by atoms with Crippen LogP contribution in [0.1, 0.15) is 48.0 Å². The number of hydrogen-bond acceptors (Lipinski definition) is 4. The van der Waals surface area contributed by atoms with E-state index >= 15 is 0 Å². The highest BCUT2D eigenvalue weighted by Gasteiger charge is 2.25. The number of rotatable bonds is 7. The summed E-state index contributed by atoms with van der Waals surface area (Å²) < 4.78 is 5.50. The molecule has 26 heavy (non-hydrogen) atoms. The summed E-state index contributed by atoms with van der Waals surface area (Å²) >= 11 is 1.77. The third kappa shape index (κ3) is 4.86. The number of ether oxygens (including phenoxy) is 1. The molecule has 0 aliphatic carbocycles. The zero-order chi connectivity index (χ0) is 18.4. The van der Waals surface area contributed by atoms with Crippen LogP contribution in [0.3, 0.4) is 0 Å². The first kappa shape index (κ1) is 18.9. The third-order valence-electron chi connectivity index (χ3n) is 4.99. The molecule has 1 aliphatic rings. The normalized spacial score (nSPS) is 17.0. The SMILES string of the molecule is CCOc1cccc(C(=O)NC[C@H](c2cccs2)N2CCC(C)CC2)c1. The molecule has 1 atom stereocenters. The fraction of sp³-hybridized carbons (Fsp3) is 0.476. The van der Waals surface area contributed by atoms with E-state index < -0.39 is 0 Å². The van der Waals surface area contributed by atoms with Crippen molar-refractivity contribution in [2.45, 2.75) is 32.7 Å². The highest BCUT2D eigenvalue weighted by molar-refractivity contribution is 7.10. The molecule has 5 heteroatoms. The number of carbonyl (C=O) groups excluding carboxylic acids is 1. The van der Waals surface area contributed by atoms with E-state index in [4.69, 9.17) is 4.74 Å². The van der Waals surface area contributed by atoms with Gasteiger partial charge < -0.3 is 10.1 Å². The molecule has 1 saturated heterocycles. The van der Waals surface area contributed by atoms with Gasteiger partial charge in [0.15, 0.2) is 0 Å². The highest BCUT2D eigenvalue weighted by atomic mass is 32.1. The molecule has 3 rings (SSSR count). The Hall–Kier alpha value is -1.85. The average molecular weight is 373 g/mol. The monoisotopic (exact) mass is 372 g/mol. The van der Waals surface area contributed by atoms with Crippen LogP contribution in [0.15, 0.2) is 41.8 Å². The molecule has 2 heterocycles. The van der Waals surface area contributed by atoms with Gasteiger partial charge in [-0.3, -0.25) is 9.69 Å². The summed E-state index contributed by atoms with van der Waals surface area (Å²) in [5.41, 5.74) is 0.646. The predicted molar refractivity (Wildman–Crippen MR) is 107 cm³/mol. The van der Waals surface area contributed by atoms with Crippen molar-refractivity contribution in [3.05, 3.63) is 52.2 Å². The number of piperidine rings is 1. The van der Waals surface area contributed by atoms with Crippen molar-refractivity contribution in [1.29, 1.82) is 0 Å². The van der Waals surface area contributed by atoms with E-state index in [-0.39, 0.29) is 11.9 Å². The van der Waals surface area contributed by atoms with Crippen LogP contribution in [0.4, 0.5) is 0 Å². The van der Waals surface area contributed by atoms with Crippen LogP contribution in [0.2, 0.25) is 0 Å². The number of benzene rings is 1. The van der Waals surface area contributed by atoms with Gasteiger partial charge in [-0.25, -0.2) is 0 Å². The smallest absolute Gasteiger partial charge is 0.251 e. The van der Waals surface area contributed by atoms with Crippen molar-refractivity contribution in [2.24, 2.45) is 5.92 Å². The number of thiophene rings is 1. The van der Waals surface area contributed by atoms with Crippen molar-refractivity contribution in [2.75, 3.05) is 26.2 Å². The van der Waals surface area contributed by atoms with Gasteiger partial charge in [-0.2, -0.15) is 0 Å². The van der Waals surface area contributed by atoms with Crippen LogP contribution in [0.25, 0.3) is 0 Å². The van der Waals surface area contributed by atoms with E-state index in [1.807, 2.05) is 31.2 Å². The minimum atomic E-state index is -0.0431. The van der Waals surface area contributed by atoms with Gasteiger partial charge in [0.2, 0.25) is 0 Å². The summed E-state index contributed by atoms with van der Waals surface area (Å²) in [5, 5.41) is 5.25. The van der Waals surface area contributed by atoms with Gasteiger partial charge >= 0.3 is 0 Å². The standard InChI is InChI=1S/C21H28N2O2S/c1-3-25-18-7-4-6-17(14-18)21(24)22-15-19(20-8-5-13-26-20)23-11-9-16(2)10-12-23/h4-8,13-14,16,19H,3,9-12,15H2,1-2H3,(H,22,24)/t19-/m1/s1. The fourth-order valence-corrected chi connectivity index (χ4v) is 4.28. The Morgan fingerprint density at radius 2 is 2.12 bits per heavy atom. The first-order chi connectivity index (χ1) is 12.7. The van der Waals surface area contributed by atoms with Crippen LogP contribution in [0.5, 0.6) is 5.75 Å². The van der Waals surface area contributed by atoms with Gasteiger partial charge in [-0.1, -0.05) is 19.1 Å². The Bertz CT molecular complexity index is 694. The molecular weight excluding hydrogens is 344 g/mol. The van der Waals surface area contributed by atoms with E-state index in [0.29, 0.717) is 18.7 Å². The van der Waals surface area contributed by atoms with Crippen LogP contribution in [-0.4, -0.2) is 37.0 Å². The maximum absolute atomic E-state index is 12.6. The molecule has 1 amide bonds. The van der Waals surface area contributed by atoms with Crippen molar-refractivity contribution < 1.29 is 9.53 Å². The lowest BCUT2D eigenvalue weighted by Crippen LogP contribution is -2.41. The molecule has 4 nitrogen and oxygen atoms in total. The van der Waals surface area contributed by atoms with Crippen molar-refractivity contribution >= 4 is 17.2 Å². The van der Waals surface area contributed by atoms with E-state index in [1.165, 1.54) is 17.7 Å². The number of amides is 1. The molecule has 1 fully saturated rings. The largest absolute Gasteiger partial charge is 0.494 e. The van der Waals surface area contributed by atoms with Crippen LogP contribution >= 0.6 is 11.3 Å². The summed E-state index contributed by atoms with van der Waals surface area (Å²) in [6.45, 7) is 7.69. The van der Waals surface area contributed by atoms with Crippen molar-refractivity contribution in [1.82, 2.24) is 10.2 Å². The summed E-state index contributed by atoms with van der Waals surface area (Å²) in [6, 6.07) is 11.9. The zero-order valence-electron chi connectivity index (χ0n) is 15.6. The number of nitrogens with one attached hydrogen (secondary N) is 1. The van der Waals surface area contributed by atoms with E-state index in [1.54, 1.807) is 11.3 Å². The van der Waals surface area contributed by atoms with Gasteiger partial charge in [-0.05, 0) is 68.4 Å². The molecule has 1 aliphatic heterocycles. The summed E-state index contributed by atoms with van der Waals surface area (Å²) in [6.07, 6.45) is 2.46. The van der Waals surface area contributed by atoms with Crippen LogP contribution < -0.4 is 10.1 Å². The Kier molecular flexibility index (Phi) is 6.69. The Morgan fingerprint density at radius 3 is 2.81 bits per heavy atom. The van der Waals surface area contributed by atoms with E-state index in [0.717, 1.165) is 24.8 Å². The Labute approximate surface area is 160 Å². The Morgan fingerprint density at radius 1 is 1.31 bits per heavy atom. The lowest BCUT2D eigenvalue weighted by atomic mass is 9.97. The molecular formula is C21H28N2O2S. The van der Waals surface area contributed by atoms with Gasteiger partial charge in [0.1, 0.15) is 5.75 Å². The second-order valence-corrected chi connectivity index (χ2v) is 7.90. The van der Waals surface area contributed by atoms with Crippen molar-refractivity contribution in [3.8, 4) is 5.75 Å². The molecule has 140 valence electrons. The van der Waals surface area contributed by atoms with Gasteiger partial charge in [0, 0.05) is 17.0 Å². The number of nitrogens with zero attached hydrogens (tertiary/aromatic N) is 1. The maximum Gasteiger partial charge on any atom is 0.251 e. The summed E-state index contributed by atoms with van der Waals surface area (Å²) in [4.78, 5) is 16.5. The lowest BCUT2D eigenvalue weighted by molar-refractivity contribution is 0.0914. The minimum absolute atomic E-state index is 0.0431. The number of likely N-dealkylation sites (tertiary alicyclic amines) is 1. The first-order valence-electron chi connectivity index (χ1n) is 9.46. The highest BCUT2D eigenvalue weighted by Crippen LogP contribution is 2.29. The van der Waals surface area contributed by atoms with E-state index in [9.17, 15) is 4.79 Å². The molecule has 0 saturated carbocycles. The summed E-state index contributed by atoms with van der Waals surface area (Å²) in [5.74, 6) is 1.49. The molecule has 0 unspecified atom stereocenters. The molecule has 0 spiro atoms. The quantitative estimate of drug-likeness (QED) is 0.786. The summed E-state index contributed by atoms with van der Waals surface area (Å²) in [7, 11) is 0. The maximum atomic E-state index is 12.6. The molecule has 1 aromatic carbocycles. The molecule has 0 bridgehead atoms. The second kappa shape index (κ2) is 9.19. The number of hydrogen-bond donors (Lipinski definition) is 1. The predicted octanol–water partition coefficient (Wildman–Crippen LogP) is 4.35. The average Bonchev–Trinajstić information content (AvgIpc) is 3.18.